The van der Waals surface area contributed by atoms with Crippen molar-refractivity contribution in [3.63, 3.8) is 0 Å². The standard InChI is InChI=1S/C32H31FN6O2/c1-20-26(28-19-34-37-32(36-28)35-24-7-9-25(10-8-24)38-13-15-41-16-14-38)3-2-4-29(20)39-12-11-22-17-23(21-5-6-21)18-27(33)30(22)31(39)40/h2-4,7-10,17-19,21H,5-6,11-16H2,1H3,(H,35,36,37). The van der Waals surface area contributed by atoms with Gasteiger partial charge < -0.3 is 19.9 Å². The smallest absolute Gasteiger partial charge is 0.261 e. The number of hydrogen-bond acceptors (Lipinski definition) is 7. The highest BCUT2D eigenvalue weighted by molar-refractivity contribution is 6.09. The molecule has 0 spiro atoms. The predicted molar refractivity (Wildman–Crippen MR) is 157 cm³/mol. The molecule has 208 valence electrons. The lowest BCUT2D eigenvalue weighted by atomic mass is 9.93. The Morgan fingerprint density at radius 3 is 2.61 bits per heavy atom. The van der Waals surface area contributed by atoms with E-state index in [1.807, 2.05) is 43.3 Å². The Bertz CT molecular complexity index is 1620. The third kappa shape index (κ3) is 5.02. The fraction of sp³-hybridized carbons (Fsp3) is 0.312. The third-order valence-corrected chi connectivity index (χ3v) is 8.24. The number of nitrogens with zero attached hydrogens (tertiary/aromatic N) is 5. The van der Waals surface area contributed by atoms with Crippen LogP contribution in [0.1, 0.15) is 45.8 Å². The number of carbonyl (C=O) groups excluding carboxylic acids is 1. The Kier molecular flexibility index (Phi) is 6.59. The van der Waals surface area contributed by atoms with Crippen LogP contribution in [0.3, 0.4) is 0 Å². The molecule has 1 amide bonds. The van der Waals surface area contributed by atoms with Crippen LogP contribution < -0.4 is 15.1 Å². The number of amides is 1. The first-order chi connectivity index (χ1) is 20.0. The number of morpholine rings is 1. The number of benzene rings is 3. The largest absolute Gasteiger partial charge is 0.378 e. The first-order valence-electron chi connectivity index (χ1n) is 14.2. The fourth-order valence-electron chi connectivity index (χ4n) is 5.86. The molecule has 3 aliphatic rings. The van der Waals surface area contributed by atoms with Crippen LogP contribution in [0.2, 0.25) is 0 Å². The zero-order valence-corrected chi connectivity index (χ0v) is 22.9. The van der Waals surface area contributed by atoms with E-state index in [9.17, 15) is 4.79 Å². The van der Waals surface area contributed by atoms with Crippen LogP contribution in [-0.2, 0) is 11.2 Å². The molecule has 4 aromatic rings. The van der Waals surface area contributed by atoms with E-state index in [1.165, 1.54) is 0 Å². The van der Waals surface area contributed by atoms with Gasteiger partial charge in [0.15, 0.2) is 0 Å². The molecule has 1 aliphatic carbocycles. The summed E-state index contributed by atoms with van der Waals surface area (Å²) in [5, 5.41) is 11.6. The molecule has 3 heterocycles. The van der Waals surface area contributed by atoms with Gasteiger partial charge in [0.25, 0.3) is 5.91 Å². The van der Waals surface area contributed by atoms with Crippen LogP contribution in [0.4, 0.5) is 27.4 Å². The van der Waals surface area contributed by atoms with Gasteiger partial charge in [-0.15, -0.1) is 5.10 Å². The number of aromatic nitrogens is 3. The summed E-state index contributed by atoms with van der Waals surface area (Å²) in [5.74, 6) is 0.108. The van der Waals surface area contributed by atoms with Crippen molar-refractivity contribution in [2.24, 2.45) is 0 Å². The molecule has 1 saturated carbocycles. The van der Waals surface area contributed by atoms with Crippen molar-refractivity contribution in [3.05, 3.63) is 88.9 Å². The maximum Gasteiger partial charge on any atom is 0.261 e. The Morgan fingerprint density at radius 2 is 1.83 bits per heavy atom. The van der Waals surface area contributed by atoms with Crippen molar-refractivity contribution in [2.75, 3.05) is 48.0 Å². The Morgan fingerprint density at radius 1 is 1.02 bits per heavy atom. The molecule has 0 unspecified atom stereocenters. The SMILES string of the molecule is Cc1c(-c2cnnc(Nc3ccc(N4CCOCC4)cc3)n2)cccc1N1CCc2cc(C3CC3)cc(F)c2C1=O. The summed E-state index contributed by atoms with van der Waals surface area (Å²) in [4.78, 5) is 22.3. The van der Waals surface area contributed by atoms with Crippen LogP contribution in [0, 0.1) is 12.7 Å². The average molecular weight is 551 g/mol. The molecule has 9 heteroatoms. The summed E-state index contributed by atoms with van der Waals surface area (Å²) >= 11 is 0. The van der Waals surface area contributed by atoms with Crippen molar-refractivity contribution in [3.8, 4) is 11.3 Å². The van der Waals surface area contributed by atoms with E-state index in [-0.39, 0.29) is 11.5 Å². The van der Waals surface area contributed by atoms with Crippen molar-refractivity contribution >= 4 is 28.9 Å². The van der Waals surface area contributed by atoms with Gasteiger partial charge in [0, 0.05) is 42.3 Å². The molecule has 3 aromatic carbocycles. The summed E-state index contributed by atoms with van der Waals surface area (Å²) in [6.07, 6.45) is 4.43. The van der Waals surface area contributed by atoms with Gasteiger partial charge >= 0.3 is 0 Å². The molecule has 8 nitrogen and oxygen atoms in total. The zero-order valence-electron chi connectivity index (χ0n) is 22.9. The van der Waals surface area contributed by atoms with Gasteiger partial charge in [-0.3, -0.25) is 4.79 Å². The normalized spacial score (nSPS) is 17.0. The van der Waals surface area contributed by atoms with Crippen molar-refractivity contribution in [1.29, 1.82) is 0 Å². The highest BCUT2D eigenvalue weighted by atomic mass is 19.1. The molecule has 2 fully saturated rings. The van der Waals surface area contributed by atoms with Gasteiger partial charge in [-0.1, -0.05) is 18.2 Å². The minimum Gasteiger partial charge on any atom is -0.378 e. The summed E-state index contributed by atoms with van der Waals surface area (Å²) in [6, 6.07) is 17.5. The molecule has 1 saturated heterocycles. The molecule has 0 bridgehead atoms. The molecule has 41 heavy (non-hydrogen) atoms. The molecule has 7 rings (SSSR count). The van der Waals surface area contributed by atoms with Crippen LogP contribution in [0.5, 0.6) is 0 Å². The maximum atomic E-state index is 15.2. The van der Waals surface area contributed by atoms with Gasteiger partial charge in [0.1, 0.15) is 5.82 Å². The van der Waals surface area contributed by atoms with Crippen molar-refractivity contribution in [1.82, 2.24) is 15.2 Å². The first-order valence-corrected chi connectivity index (χ1v) is 14.2. The molecule has 0 atom stereocenters. The fourth-order valence-corrected chi connectivity index (χ4v) is 5.86. The molecular weight excluding hydrogens is 519 g/mol. The number of rotatable bonds is 6. The number of carbonyl (C=O) groups is 1. The lowest BCUT2D eigenvalue weighted by Crippen LogP contribution is -2.39. The van der Waals surface area contributed by atoms with Crippen LogP contribution in [0.15, 0.2) is 60.8 Å². The average Bonchev–Trinajstić information content (AvgIpc) is 3.85. The van der Waals surface area contributed by atoms with E-state index in [1.54, 1.807) is 17.2 Å². The van der Waals surface area contributed by atoms with Crippen molar-refractivity contribution < 1.29 is 13.9 Å². The van der Waals surface area contributed by atoms with Gasteiger partial charge in [0.2, 0.25) is 5.95 Å². The topological polar surface area (TPSA) is 83.5 Å². The summed E-state index contributed by atoms with van der Waals surface area (Å²) in [7, 11) is 0. The highest BCUT2D eigenvalue weighted by Gasteiger charge is 2.32. The zero-order chi connectivity index (χ0) is 27.9. The lowest BCUT2D eigenvalue weighted by molar-refractivity contribution is 0.0976. The number of ether oxygens (including phenoxy) is 1. The highest BCUT2D eigenvalue weighted by Crippen LogP contribution is 2.42. The molecule has 2 aliphatic heterocycles. The predicted octanol–water partition coefficient (Wildman–Crippen LogP) is 5.65. The minimum absolute atomic E-state index is 0.195. The minimum atomic E-state index is -0.415. The van der Waals surface area contributed by atoms with Gasteiger partial charge in [-0.05, 0) is 85.2 Å². The van der Waals surface area contributed by atoms with Gasteiger partial charge in [-0.25, -0.2) is 9.37 Å². The van der Waals surface area contributed by atoms with Crippen LogP contribution >= 0.6 is 0 Å². The van der Waals surface area contributed by atoms with Gasteiger partial charge in [0.05, 0.1) is 30.7 Å². The molecule has 1 aromatic heterocycles. The first kappa shape index (κ1) is 25.6. The molecule has 1 N–H and O–H groups in total. The van der Waals surface area contributed by atoms with E-state index in [0.29, 0.717) is 30.5 Å². The lowest BCUT2D eigenvalue weighted by Gasteiger charge is -2.31. The van der Waals surface area contributed by atoms with E-state index < -0.39 is 5.82 Å². The summed E-state index contributed by atoms with van der Waals surface area (Å²) in [6.45, 7) is 5.70. The number of anilines is 4. The van der Waals surface area contributed by atoms with Crippen LogP contribution in [0.25, 0.3) is 11.3 Å². The Hall–Kier alpha value is -4.37. The number of hydrogen-bond donors (Lipinski definition) is 1. The molecular formula is C32H31FN6O2. The second-order valence-corrected chi connectivity index (χ2v) is 10.9. The third-order valence-electron chi connectivity index (χ3n) is 8.24. The van der Waals surface area contributed by atoms with E-state index in [0.717, 1.165) is 78.5 Å². The number of halogens is 1. The maximum absolute atomic E-state index is 15.2. The summed E-state index contributed by atoms with van der Waals surface area (Å²) < 4.78 is 20.6. The second kappa shape index (κ2) is 10.6. The number of nitrogens with one attached hydrogen (secondary N) is 1. The van der Waals surface area contributed by atoms with E-state index in [2.05, 4.69) is 32.5 Å². The van der Waals surface area contributed by atoms with Crippen molar-refractivity contribution in [2.45, 2.75) is 32.1 Å². The second-order valence-electron chi connectivity index (χ2n) is 10.9. The Balaban J connectivity index is 1.12. The van der Waals surface area contributed by atoms with E-state index >= 15 is 4.39 Å². The monoisotopic (exact) mass is 550 g/mol. The molecule has 0 radical (unpaired) electrons. The van der Waals surface area contributed by atoms with Crippen LogP contribution in [-0.4, -0.2) is 53.9 Å². The Labute approximate surface area is 238 Å². The quantitative estimate of drug-likeness (QED) is 0.332. The van der Waals surface area contributed by atoms with Gasteiger partial charge in [-0.2, -0.15) is 5.10 Å². The number of fused-ring (bicyclic) bond motifs is 1. The summed E-state index contributed by atoms with van der Waals surface area (Å²) in [5.41, 5.74) is 7.14. The van der Waals surface area contributed by atoms with E-state index in [4.69, 9.17) is 9.72 Å².